The molecule has 0 radical (unpaired) electrons. The van der Waals surface area contributed by atoms with Crippen molar-refractivity contribution in [3.05, 3.63) is 29.9 Å². The van der Waals surface area contributed by atoms with Crippen molar-refractivity contribution in [2.45, 2.75) is 32.1 Å². The van der Waals surface area contributed by atoms with Crippen LogP contribution >= 0.6 is 11.3 Å². The van der Waals surface area contributed by atoms with Crippen LogP contribution in [0.1, 0.15) is 32.1 Å². The molecule has 7 heteroatoms. The summed E-state index contributed by atoms with van der Waals surface area (Å²) >= 11 is 1.39. The number of hydrogen-bond acceptors (Lipinski definition) is 5. The van der Waals surface area contributed by atoms with Gasteiger partial charge in [0.15, 0.2) is 5.13 Å². The van der Waals surface area contributed by atoms with Crippen molar-refractivity contribution in [3.8, 4) is 11.3 Å². The average molecular weight is 346 g/mol. The molecular formula is C17H22N4O2S. The first kappa shape index (κ1) is 16.9. The highest BCUT2D eigenvalue weighted by Crippen LogP contribution is 2.40. The Kier molecular flexibility index (Phi) is 5.42. The number of urea groups is 1. The number of carbonyl (C=O) groups is 1. The first-order valence-electron chi connectivity index (χ1n) is 8.22. The van der Waals surface area contributed by atoms with Crippen molar-refractivity contribution in [3.63, 3.8) is 0 Å². The number of anilines is 1. The van der Waals surface area contributed by atoms with Crippen LogP contribution in [0.5, 0.6) is 0 Å². The van der Waals surface area contributed by atoms with Gasteiger partial charge in [-0.15, -0.1) is 11.3 Å². The van der Waals surface area contributed by atoms with E-state index in [4.69, 9.17) is 0 Å². The zero-order chi connectivity index (χ0) is 16.8. The van der Waals surface area contributed by atoms with E-state index < -0.39 is 0 Å². The number of aliphatic hydroxyl groups excluding tert-OH is 1. The minimum Gasteiger partial charge on any atom is -0.396 e. The molecule has 1 aliphatic rings. The van der Waals surface area contributed by atoms with E-state index >= 15 is 0 Å². The van der Waals surface area contributed by atoms with Crippen LogP contribution in [-0.4, -0.2) is 34.3 Å². The van der Waals surface area contributed by atoms with Crippen LogP contribution in [0.15, 0.2) is 29.9 Å². The largest absolute Gasteiger partial charge is 0.396 e. The number of carbonyl (C=O) groups excluding carboxylic acids is 1. The number of nitrogens with zero attached hydrogens (tertiary/aromatic N) is 2. The topological polar surface area (TPSA) is 87.1 Å². The lowest BCUT2D eigenvalue weighted by molar-refractivity contribution is 0.180. The highest BCUT2D eigenvalue weighted by atomic mass is 32.1. The normalized spacial score (nSPS) is 16.0. The molecule has 0 spiro atoms. The number of thiazole rings is 1. The molecule has 1 aliphatic carbocycles. The Morgan fingerprint density at radius 1 is 1.38 bits per heavy atom. The van der Waals surface area contributed by atoms with Crippen LogP contribution in [0.3, 0.4) is 0 Å². The molecule has 1 saturated carbocycles. The molecule has 0 atom stereocenters. The molecule has 2 aromatic rings. The number of aromatic nitrogens is 2. The molecule has 128 valence electrons. The van der Waals surface area contributed by atoms with Crippen LogP contribution in [0.4, 0.5) is 9.93 Å². The third-order valence-electron chi connectivity index (χ3n) is 4.61. The SMILES string of the molecule is O=C(NCC1(CCO)CCCC1)Nc1nc(-c2cccnc2)cs1. The first-order valence-corrected chi connectivity index (χ1v) is 9.10. The standard InChI is InChI=1S/C17H22N4O2S/c22-9-7-17(5-1-2-6-17)12-19-15(23)21-16-20-14(11-24-16)13-4-3-8-18-10-13/h3-4,8,10-11,22H,1-2,5-7,9,12H2,(H2,19,20,21,23). The zero-order valence-corrected chi connectivity index (χ0v) is 14.3. The Morgan fingerprint density at radius 2 is 2.21 bits per heavy atom. The maximum absolute atomic E-state index is 12.1. The van der Waals surface area contributed by atoms with Gasteiger partial charge in [0.25, 0.3) is 0 Å². The summed E-state index contributed by atoms with van der Waals surface area (Å²) in [6.07, 6.45) is 8.68. The number of rotatable bonds is 6. The van der Waals surface area contributed by atoms with Gasteiger partial charge < -0.3 is 10.4 Å². The van der Waals surface area contributed by atoms with E-state index in [1.807, 2.05) is 17.5 Å². The Morgan fingerprint density at radius 3 is 2.92 bits per heavy atom. The second kappa shape index (κ2) is 7.72. The maximum Gasteiger partial charge on any atom is 0.321 e. The molecule has 24 heavy (non-hydrogen) atoms. The molecule has 2 heterocycles. The van der Waals surface area contributed by atoms with E-state index in [1.165, 1.54) is 24.2 Å². The lowest BCUT2D eigenvalue weighted by atomic mass is 9.83. The summed E-state index contributed by atoms with van der Waals surface area (Å²) in [4.78, 5) is 20.6. The third-order valence-corrected chi connectivity index (χ3v) is 5.37. The molecule has 0 bridgehead atoms. The summed E-state index contributed by atoms with van der Waals surface area (Å²) in [7, 11) is 0. The van der Waals surface area contributed by atoms with Crippen molar-refractivity contribution in [2.24, 2.45) is 5.41 Å². The van der Waals surface area contributed by atoms with Gasteiger partial charge in [-0.25, -0.2) is 9.78 Å². The van der Waals surface area contributed by atoms with Gasteiger partial charge in [0.2, 0.25) is 0 Å². The van der Waals surface area contributed by atoms with Crippen LogP contribution in [0.25, 0.3) is 11.3 Å². The second-order valence-corrected chi connectivity index (χ2v) is 7.13. The molecular weight excluding hydrogens is 324 g/mol. The van der Waals surface area contributed by atoms with E-state index in [0.717, 1.165) is 30.5 Å². The Balaban J connectivity index is 1.55. The number of aliphatic hydroxyl groups is 1. The van der Waals surface area contributed by atoms with Crippen molar-refractivity contribution in [1.82, 2.24) is 15.3 Å². The molecule has 2 aromatic heterocycles. The molecule has 0 aromatic carbocycles. The van der Waals surface area contributed by atoms with Gasteiger partial charge in [0.1, 0.15) is 0 Å². The quantitative estimate of drug-likeness (QED) is 0.749. The number of hydrogen-bond donors (Lipinski definition) is 3. The van der Waals surface area contributed by atoms with Crippen LogP contribution in [0, 0.1) is 5.41 Å². The predicted molar refractivity (Wildman–Crippen MR) is 95.0 cm³/mol. The van der Waals surface area contributed by atoms with Gasteiger partial charge in [-0.05, 0) is 36.8 Å². The van der Waals surface area contributed by atoms with Gasteiger partial charge in [-0.1, -0.05) is 12.8 Å². The van der Waals surface area contributed by atoms with E-state index in [1.54, 1.807) is 12.4 Å². The van der Waals surface area contributed by atoms with Crippen molar-refractivity contribution in [2.75, 3.05) is 18.5 Å². The Labute approximate surface area is 145 Å². The van der Waals surface area contributed by atoms with E-state index in [-0.39, 0.29) is 18.1 Å². The van der Waals surface area contributed by atoms with E-state index in [9.17, 15) is 9.90 Å². The molecule has 3 rings (SSSR count). The molecule has 1 fully saturated rings. The molecule has 0 saturated heterocycles. The fourth-order valence-electron chi connectivity index (χ4n) is 3.26. The summed E-state index contributed by atoms with van der Waals surface area (Å²) in [6.45, 7) is 0.768. The second-order valence-electron chi connectivity index (χ2n) is 6.27. The van der Waals surface area contributed by atoms with Gasteiger partial charge in [-0.2, -0.15) is 0 Å². The predicted octanol–water partition coefficient (Wildman–Crippen LogP) is 3.27. The molecule has 3 N–H and O–H groups in total. The molecule has 0 unspecified atom stereocenters. The third kappa shape index (κ3) is 4.10. The summed E-state index contributed by atoms with van der Waals surface area (Å²) in [6, 6.07) is 3.55. The molecule has 2 amide bonds. The maximum atomic E-state index is 12.1. The van der Waals surface area contributed by atoms with E-state index in [2.05, 4.69) is 20.6 Å². The summed E-state index contributed by atoms with van der Waals surface area (Å²) in [5.74, 6) is 0. The Bertz CT molecular complexity index is 668. The smallest absolute Gasteiger partial charge is 0.321 e. The number of amides is 2. The van der Waals surface area contributed by atoms with Crippen molar-refractivity contribution < 1.29 is 9.90 Å². The zero-order valence-electron chi connectivity index (χ0n) is 13.5. The average Bonchev–Trinajstić information content (AvgIpc) is 3.25. The first-order chi connectivity index (χ1) is 11.7. The summed E-state index contributed by atoms with van der Waals surface area (Å²) in [5, 5.41) is 17.5. The lowest BCUT2D eigenvalue weighted by Crippen LogP contribution is -2.38. The van der Waals surface area contributed by atoms with Crippen LogP contribution in [-0.2, 0) is 0 Å². The lowest BCUT2D eigenvalue weighted by Gasteiger charge is -2.28. The van der Waals surface area contributed by atoms with Gasteiger partial charge in [-0.3, -0.25) is 10.3 Å². The van der Waals surface area contributed by atoms with Crippen molar-refractivity contribution >= 4 is 22.5 Å². The fraction of sp³-hybridized carbons (Fsp3) is 0.471. The van der Waals surface area contributed by atoms with Crippen LogP contribution < -0.4 is 10.6 Å². The minimum absolute atomic E-state index is 0.0514. The van der Waals surface area contributed by atoms with E-state index in [0.29, 0.717) is 11.7 Å². The van der Waals surface area contributed by atoms with Crippen LogP contribution in [0.2, 0.25) is 0 Å². The highest BCUT2D eigenvalue weighted by Gasteiger charge is 2.33. The minimum atomic E-state index is -0.244. The monoisotopic (exact) mass is 346 g/mol. The van der Waals surface area contributed by atoms with Gasteiger partial charge in [0, 0.05) is 36.5 Å². The summed E-state index contributed by atoms with van der Waals surface area (Å²) in [5.41, 5.74) is 1.78. The molecule has 6 nitrogen and oxygen atoms in total. The number of pyridine rings is 1. The van der Waals surface area contributed by atoms with Gasteiger partial charge in [0.05, 0.1) is 5.69 Å². The highest BCUT2D eigenvalue weighted by molar-refractivity contribution is 7.14. The molecule has 0 aliphatic heterocycles. The summed E-state index contributed by atoms with van der Waals surface area (Å²) < 4.78 is 0. The van der Waals surface area contributed by atoms with Crippen molar-refractivity contribution in [1.29, 1.82) is 0 Å². The fourth-order valence-corrected chi connectivity index (χ4v) is 3.98. The van der Waals surface area contributed by atoms with Gasteiger partial charge >= 0.3 is 6.03 Å². The number of nitrogens with one attached hydrogen (secondary N) is 2. The Hall–Kier alpha value is -1.99.